The minimum Gasteiger partial charge on any atom is -0.383 e. The van der Waals surface area contributed by atoms with Gasteiger partial charge in [0.25, 0.3) is 0 Å². The molecule has 0 radical (unpaired) electrons. The number of nitrogens with two attached hydrogens (primary N) is 1. The van der Waals surface area contributed by atoms with Gasteiger partial charge in [-0.15, -0.1) is 0 Å². The predicted octanol–water partition coefficient (Wildman–Crippen LogP) is 3.06. The minimum atomic E-state index is 0.0637. The van der Waals surface area contributed by atoms with Gasteiger partial charge >= 0.3 is 0 Å². The molecule has 0 saturated carbocycles. The number of rotatable bonds is 5. The highest BCUT2D eigenvalue weighted by Crippen LogP contribution is 2.36. The van der Waals surface area contributed by atoms with E-state index in [1.807, 2.05) is 46.0 Å². The summed E-state index contributed by atoms with van der Waals surface area (Å²) in [5.41, 5.74) is 8.82. The molecule has 1 aromatic carbocycles. The van der Waals surface area contributed by atoms with Crippen LogP contribution >= 0.6 is 0 Å². The summed E-state index contributed by atoms with van der Waals surface area (Å²) in [5.74, 6) is 1.56. The molecule has 2 aromatic heterocycles. The first-order chi connectivity index (χ1) is 15.0. The third-order valence-corrected chi connectivity index (χ3v) is 5.60. The van der Waals surface area contributed by atoms with Gasteiger partial charge in [-0.3, -0.25) is 9.79 Å². The van der Waals surface area contributed by atoms with Gasteiger partial charge in [0.15, 0.2) is 11.6 Å². The van der Waals surface area contributed by atoms with Crippen LogP contribution in [0.4, 0.5) is 5.82 Å². The molecule has 0 spiro atoms. The van der Waals surface area contributed by atoms with E-state index in [4.69, 9.17) is 15.4 Å². The number of piperidine rings is 1. The molecule has 9 nitrogen and oxygen atoms in total. The maximum absolute atomic E-state index is 11.7. The van der Waals surface area contributed by atoms with Crippen molar-refractivity contribution in [1.82, 2.24) is 19.8 Å². The lowest BCUT2D eigenvalue weighted by atomic mass is 10.0. The van der Waals surface area contributed by atoms with Gasteiger partial charge in [0, 0.05) is 38.7 Å². The van der Waals surface area contributed by atoms with Crippen LogP contribution in [0.1, 0.15) is 31.4 Å². The Morgan fingerprint density at radius 3 is 2.58 bits per heavy atom. The van der Waals surface area contributed by atoms with E-state index in [2.05, 4.69) is 21.9 Å². The molecule has 1 saturated heterocycles. The van der Waals surface area contributed by atoms with Crippen LogP contribution < -0.4 is 5.73 Å². The summed E-state index contributed by atoms with van der Waals surface area (Å²) in [5, 5.41) is 9.05. The Balaban J connectivity index is 1.76. The zero-order valence-electron chi connectivity index (χ0n) is 17.7. The number of hydrogen-bond donors (Lipinski definition) is 1. The number of aromatic nitrogens is 3. The van der Waals surface area contributed by atoms with Crippen LogP contribution in [-0.2, 0) is 4.79 Å². The normalized spacial score (nSPS) is 15.3. The number of carbonyl (C=O) groups excluding carboxylic acids is 1. The van der Waals surface area contributed by atoms with E-state index in [-0.39, 0.29) is 11.9 Å². The summed E-state index contributed by atoms with van der Waals surface area (Å²) in [7, 11) is 1.62. The van der Waals surface area contributed by atoms with E-state index in [9.17, 15) is 4.79 Å². The van der Waals surface area contributed by atoms with Crippen LogP contribution in [0.25, 0.3) is 22.7 Å². The van der Waals surface area contributed by atoms with Crippen molar-refractivity contribution in [3.8, 4) is 22.7 Å². The fourth-order valence-corrected chi connectivity index (χ4v) is 3.91. The average molecular weight is 419 g/mol. The predicted molar refractivity (Wildman–Crippen MR) is 120 cm³/mol. The van der Waals surface area contributed by atoms with Crippen molar-refractivity contribution in [1.29, 1.82) is 0 Å². The van der Waals surface area contributed by atoms with Crippen LogP contribution in [0, 0.1) is 0 Å². The summed E-state index contributed by atoms with van der Waals surface area (Å²) in [6, 6.07) is 11.6. The molecule has 1 aliphatic rings. The lowest BCUT2D eigenvalue weighted by Gasteiger charge is -2.31. The van der Waals surface area contributed by atoms with Crippen molar-refractivity contribution in [3.63, 3.8) is 0 Å². The highest BCUT2D eigenvalue weighted by Gasteiger charge is 2.30. The summed E-state index contributed by atoms with van der Waals surface area (Å²) >= 11 is 0. The Bertz CT molecular complexity index is 1120. The molecule has 4 rings (SSSR count). The number of nitrogens with zero attached hydrogens (tertiary/aromatic N) is 6. The van der Waals surface area contributed by atoms with E-state index in [0.29, 0.717) is 47.5 Å². The number of amides is 1. The van der Waals surface area contributed by atoms with Gasteiger partial charge in [0.2, 0.25) is 5.91 Å². The standard InChI is InChI=1S/C22H25N7O2/c1-14(30)28-11-9-16(10-12-28)29-22(25-3)19(21(23)24-2)20(26-29)17-13-18(31-27-17)15-7-5-4-6-8-15/h4-8,13,16H,3,9-12H2,1-2H3,(H2,23,24). The number of benzene rings is 1. The van der Waals surface area contributed by atoms with Crippen LogP contribution in [0.5, 0.6) is 0 Å². The molecular weight excluding hydrogens is 394 g/mol. The van der Waals surface area contributed by atoms with Crippen LogP contribution in [0.15, 0.2) is 50.9 Å². The van der Waals surface area contributed by atoms with Gasteiger partial charge in [0.05, 0.1) is 11.6 Å². The summed E-state index contributed by atoms with van der Waals surface area (Å²) in [6.45, 7) is 6.66. The van der Waals surface area contributed by atoms with Gasteiger partial charge in [-0.2, -0.15) is 5.10 Å². The number of carbonyl (C=O) groups is 1. The first-order valence-electron chi connectivity index (χ1n) is 10.1. The van der Waals surface area contributed by atoms with E-state index in [1.165, 1.54) is 0 Å². The van der Waals surface area contributed by atoms with Crippen molar-refractivity contribution in [2.24, 2.45) is 15.7 Å². The molecule has 2 N–H and O–H groups in total. The Labute approximate surface area is 180 Å². The number of likely N-dealkylation sites (tertiary alicyclic amines) is 1. The Morgan fingerprint density at radius 2 is 1.97 bits per heavy atom. The molecule has 31 heavy (non-hydrogen) atoms. The molecule has 3 heterocycles. The first kappa shape index (κ1) is 20.5. The molecular formula is C22H25N7O2. The molecule has 0 aliphatic carbocycles. The molecule has 1 fully saturated rings. The number of hydrogen-bond acceptors (Lipinski definition) is 6. The minimum absolute atomic E-state index is 0.0637. The lowest BCUT2D eigenvalue weighted by molar-refractivity contribution is -0.130. The van der Waals surface area contributed by atoms with Crippen LogP contribution in [0.3, 0.4) is 0 Å². The van der Waals surface area contributed by atoms with E-state index in [0.717, 1.165) is 18.4 Å². The van der Waals surface area contributed by atoms with Crippen molar-refractivity contribution in [3.05, 3.63) is 42.0 Å². The molecule has 1 amide bonds. The molecule has 0 atom stereocenters. The molecule has 9 heteroatoms. The van der Waals surface area contributed by atoms with E-state index < -0.39 is 0 Å². The van der Waals surface area contributed by atoms with Crippen molar-refractivity contribution >= 4 is 24.3 Å². The Morgan fingerprint density at radius 1 is 1.26 bits per heavy atom. The quantitative estimate of drug-likeness (QED) is 0.504. The van der Waals surface area contributed by atoms with Gasteiger partial charge in [-0.25, -0.2) is 9.67 Å². The van der Waals surface area contributed by atoms with Crippen molar-refractivity contribution in [2.75, 3.05) is 20.1 Å². The molecule has 1 aliphatic heterocycles. The van der Waals surface area contributed by atoms with Gasteiger partial charge in [-0.05, 0) is 19.6 Å². The fourth-order valence-electron chi connectivity index (χ4n) is 3.91. The van der Waals surface area contributed by atoms with E-state index in [1.54, 1.807) is 14.0 Å². The molecule has 0 unspecified atom stereocenters. The molecule has 3 aromatic rings. The monoisotopic (exact) mass is 419 g/mol. The zero-order valence-corrected chi connectivity index (χ0v) is 17.7. The SMILES string of the molecule is C=Nc1c(C(N)=NC)c(-c2cc(-c3ccccc3)on2)nn1C1CCN(C(C)=O)CC1. The highest BCUT2D eigenvalue weighted by molar-refractivity contribution is 6.06. The largest absolute Gasteiger partial charge is 0.383 e. The highest BCUT2D eigenvalue weighted by atomic mass is 16.5. The maximum atomic E-state index is 11.7. The van der Waals surface area contributed by atoms with Crippen molar-refractivity contribution in [2.45, 2.75) is 25.8 Å². The van der Waals surface area contributed by atoms with Crippen LogP contribution in [0.2, 0.25) is 0 Å². The molecule has 0 bridgehead atoms. The topological polar surface area (TPSA) is 115 Å². The third kappa shape index (κ3) is 3.86. The zero-order chi connectivity index (χ0) is 22.0. The van der Waals surface area contributed by atoms with Crippen LogP contribution in [-0.4, -0.2) is 58.4 Å². The smallest absolute Gasteiger partial charge is 0.219 e. The third-order valence-electron chi connectivity index (χ3n) is 5.60. The Hall–Kier alpha value is -3.75. The van der Waals surface area contributed by atoms with Crippen molar-refractivity contribution < 1.29 is 9.32 Å². The van der Waals surface area contributed by atoms with Gasteiger partial charge in [-0.1, -0.05) is 35.5 Å². The Kier molecular flexibility index (Phi) is 5.66. The second-order valence-corrected chi connectivity index (χ2v) is 7.44. The molecule has 160 valence electrons. The van der Waals surface area contributed by atoms with E-state index >= 15 is 0 Å². The fraction of sp³-hybridized carbons (Fsp3) is 0.318. The average Bonchev–Trinajstić information content (AvgIpc) is 3.44. The van der Waals surface area contributed by atoms with Gasteiger partial charge in [0.1, 0.15) is 17.2 Å². The number of aliphatic imine (C=N–C) groups is 2. The second kappa shape index (κ2) is 8.55. The second-order valence-electron chi connectivity index (χ2n) is 7.44. The summed E-state index contributed by atoms with van der Waals surface area (Å²) in [6.07, 6.45) is 1.53. The summed E-state index contributed by atoms with van der Waals surface area (Å²) < 4.78 is 7.41. The maximum Gasteiger partial charge on any atom is 0.219 e. The van der Waals surface area contributed by atoms with Gasteiger partial charge < -0.3 is 15.2 Å². The lowest BCUT2D eigenvalue weighted by Crippen LogP contribution is -2.37. The first-order valence-corrected chi connectivity index (χ1v) is 10.1. The number of amidine groups is 1. The summed E-state index contributed by atoms with van der Waals surface area (Å²) in [4.78, 5) is 21.9.